The lowest BCUT2D eigenvalue weighted by Crippen LogP contribution is -2.24. The van der Waals surface area contributed by atoms with Crippen LogP contribution in [0.4, 0.5) is 11.4 Å². The van der Waals surface area contributed by atoms with Crippen LogP contribution in [0.3, 0.4) is 0 Å². The molecule has 146 valence electrons. The number of halogens is 1. The van der Waals surface area contributed by atoms with Crippen LogP contribution in [0, 0.1) is 0 Å². The number of para-hydroxylation sites is 1. The van der Waals surface area contributed by atoms with Crippen LogP contribution >= 0.6 is 11.6 Å². The maximum Gasteiger partial charge on any atom is 0.255 e. The molecular weight excluding hydrogens is 392 g/mol. The molecule has 0 bridgehead atoms. The maximum atomic E-state index is 12.5. The number of rotatable bonds is 6. The number of benzene rings is 3. The number of nitrogens with one attached hydrogen (secondary N) is 2. The van der Waals surface area contributed by atoms with Crippen LogP contribution in [0.5, 0.6) is 0 Å². The summed E-state index contributed by atoms with van der Waals surface area (Å²) in [6.45, 7) is 0. The summed E-state index contributed by atoms with van der Waals surface area (Å²) in [4.78, 5) is 35.9. The van der Waals surface area contributed by atoms with E-state index in [4.69, 9.17) is 11.6 Å². The van der Waals surface area contributed by atoms with Crippen LogP contribution in [0.15, 0.2) is 72.8 Å². The van der Waals surface area contributed by atoms with Crippen molar-refractivity contribution in [2.24, 2.45) is 0 Å². The molecule has 0 radical (unpaired) electrons. The fourth-order valence-electron chi connectivity index (χ4n) is 2.70. The van der Waals surface area contributed by atoms with Crippen LogP contribution in [0.25, 0.3) is 0 Å². The Hall–Kier alpha value is -3.64. The van der Waals surface area contributed by atoms with E-state index in [0.29, 0.717) is 10.7 Å². The molecule has 0 aliphatic carbocycles. The predicted molar refractivity (Wildman–Crippen MR) is 109 cm³/mol. The average Bonchev–Trinajstić information content (AvgIpc) is 2.70. The van der Waals surface area contributed by atoms with Gasteiger partial charge < -0.3 is 20.5 Å². The Bertz CT molecular complexity index is 1060. The van der Waals surface area contributed by atoms with Gasteiger partial charge in [0.05, 0.1) is 18.1 Å². The second-order valence-corrected chi connectivity index (χ2v) is 6.66. The number of carboxylic acid groups (broad SMARTS) is 1. The Balaban J connectivity index is 1.69. The Kier molecular flexibility index (Phi) is 6.26. The summed E-state index contributed by atoms with van der Waals surface area (Å²) in [5.74, 6) is -2.14. The minimum absolute atomic E-state index is 0.117. The molecule has 0 fully saturated rings. The quantitative estimate of drug-likeness (QED) is 0.655. The Morgan fingerprint density at radius 3 is 2.31 bits per heavy atom. The molecule has 3 aromatic carbocycles. The van der Waals surface area contributed by atoms with Crippen molar-refractivity contribution in [1.29, 1.82) is 0 Å². The van der Waals surface area contributed by atoms with Crippen LogP contribution in [-0.4, -0.2) is 17.8 Å². The minimum atomic E-state index is -1.39. The number of carboxylic acids is 1. The summed E-state index contributed by atoms with van der Waals surface area (Å²) in [5.41, 5.74) is 1.54. The van der Waals surface area contributed by atoms with Gasteiger partial charge in [0.25, 0.3) is 5.91 Å². The van der Waals surface area contributed by atoms with E-state index in [9.17, 15) is 19.5 Å². The number of amides is 2. The number of anilines is 2. The third kappa shape index (κ3) is 5.43. The zero-order valence-electron chi connectivity index (χ0n) is 15.1. The monoisotopic (exact) mass is 407 g/mol. The second kappa shape index (κ2) is 9.03. The first kappa shape index (κ1) is 20.1. The summed E-state index contributed by atoms with van der Waals surface area (Å²) in [5, 5.41) is 17.0. The highest BCUT2D eigenvalue weighted by Gasteiger charge is 2.11. The molecule has 3 aromatic rings. The van der Waals surface area contributed by atoms with E-state index >= 15 is 0 Å². The van der Waals surface area contributed by atoms with Gasteiger partial charge in [0.2, 0.25) is 5.91 Å². The van der Waals surface area contributed by atoms with E-state index in [2.05, 4.69) is 10.6 Å². The van der Waals surface area contributed by atoms with Crippen LogP contribution in [-0.2, 0) is 11.2 Å². The molecule has 0 saturated carbocycles. The van der Waals surface area contributed by atoms with Crippen molar-refractivity contribution in [3.63, 3.8) is 0 Å². The topological polar surface area (TPSA) is 98.3 Å². The second-order valence-electron chi connectivity index (χ2n) is 6.22. The molecule has 0 aliphatic rings. The van der Waals surface area contributed by atoms with Gasteiger partial charge in [-0.2, -0.15) is 0 Å². The fourth-order valence-corrected chi connectivity index (χ4v) is 2.82. The fraction of sp³-hybridized carbons (Fsp3) is 0.0455. The molecule has 29 heavy (non-hydrogen) atoms. The van der Waals surface area contributed by atoms with Crippen molar-refractivity contribution in [3.8, 4) is 0 Å². The van der Waals surface area contributed by atoms with Gasteiger partial charge in [-0.3, -0.25) is 9.59 Å². The van der Waals surface area contributed by atoms with Crippen molar-refractivity contribution >= 4 is 40.8 Å². The molecule has 3 rings (SSSR count). The molecule has 2 amide bonds. The summed E-state index contributed by atoms with van der Waals surface area (Å²) in [6, 6.07) is 19.3. The summed E-state index contributed by atoms with van der Waals surface area (Å²) >= 11 is 5.84. The standard InChI is InChI=1S/C22H17ClN2O4/c23-16-10-8-14(9-11-16)12-20(26)24-17-5-3-4-15(13-17)21(27)25-19-7-2-1-6-18(19)22(28)29/h1-11,13H,12H2,(H,24,26)(H,25,27)(H,28,29)/p-1. The van der Waals surface area contributed by atoms with Crippen molar-refractivity contribution < 1.29 is 19.5 Å². The van der Waals surface area contributed by atoms with Crippen molar-refractivity contribution in [3.05, 3.63) is 94.5 Å². The minimum Gasteiger partial charge on any atom is -0.545 e. The van der Waals surface area contributed by atoms with Gasteiger partial charge in [-0.15, -0.1) is 0 Å². The van der Waals surface area contributed by atoms with Gasteiger partial charge >= 0.3 is 0 Å². The van der Waals surface area contributed by atoms with E-state index in [-0.39, 0.29) is 29.1 Å². The lowest BCUT2D eigenvalue weighted by atomic mass is 10.1. The van der Waals surface area contributed by atoms with Gasteiger partial charge in [-0.25, -0.2) is 0 Å². The molecule has 0 saturated heterocycles. The molecule has 0 spiro atoms. The van der Waals surface area contributed by atoms with E-state index in [1.54, 1.807) is 48.5 Å². The number of hydrogen-bond acceptors (Lipinski definition) is 4. The molecular formula is C22H16ClN2O4-. The molecule has 7 heteroatoms. The zero-order valence-corrected chi connectivity index (χ0v) is 15.9. The first-order chi connectivity index (χ1) is 13.9. The number of aromatic carboxylic acids is 1. The largest absolute Gasteiger partial charge is 0.545 e. The molecule has 0 unspecified atom stereocenters. The molecule has 2 N–H and O–H groups in total. The number of carbonyl (C=O) groups is 3. The lowest BCUT2D eigenvalue weighted by Gasteiger charge is -2.12. The van der Waals surface area contributed by atoms with Gasteiger partial charge in [0, 0.05) is 21.8 Å². The van der Waals surface area contributed by atoms with E-state index in [0.717, 1.165) is 5.56 Å². The number of carbonyl (C=O) groups excluding carboxylic acids is 3. The van der Waals surface area contributed by atoms with E-state index in [1.165, 1.54) is 24.3 Å². The average molecular weight is 408 g/mol. The van der Waals surface area contributed by atoms with E-state index < -0.39 is 11.9 Å². The van der Waals surface area contributed by atoms with Crippen molar-refractivity contribution in [1.82, 2.24) is 0 Å². The molecule has 0 atom stereocenters. The van der Waals surface area contributed by atoms with Gasteiger partial charge in [-0.1, -0.05) is 48.0 Å². The molecule has 6 nitrogen and oxygen atoms in total. The maximum absolute atomic E-state index is 12.5. The van der Waals surface area contributed by atoms with Crippen LogP contribution < -0.4 is 15.7 Å². The Morgan fingerprint density at radius 1 is 0.862 bits per heavy atom. The Morgan fingerprint density at radius 2 is 1.59 bits per heavy atom. The SMILES string of the molecule is O=C(Cc1ccc(Cl)cc1)Nc1cccc(C(=O)Nc2ccccc2C(=O)[O-])c1. The van der Waals surface area contributed by atoms with Crippen LogP contribution in [0.1, 0.15) is 26.3 Å². The molecule has 0 heterocycles. The molecule has 0 aromatic heterocycles. The highest BCUT2D eigenvalue weighted by molar-refractivity contribution is 6.30. The van der Waals surface area contributed by atoms with Gasteiger partial charge in [0.1, 0.15) is 0 Å². The zero-order chi connectivity index (χ0) is 20.8. The highest BCUT2D eigenvalue weighted by atomic mass is 35.5. The van der Waals surface area contributed by atoms with Crippen molar-refractivity contribution in [2.75, 3.05) is 10.6 Å². The molecule has 0 aliphatic heterocycles. The predicted octanol–water partition coefficient (Wildman–Crippen LogP) is 3.14. The first-order valence-electron chi connectivity index (χ1n) is 8.68. The van der Waals surface area contributed by atoms with Crippen molar-refractivity contribution in [2.45, 2.75) is 6.42 Å². The van der Waals surface area contributed by atoms with Crippen LogP contribution in [0.2, 0.25) is 5.02 Å². The smallest absolute Gasteiger partial charge is 0.255 e. The summed E-state index contributed by atoms with van der Waals surface area (Å²) in [7, 11) is 0. The third-order valence-corrected chi connectivity index (χ3v) is 4.33. The number of hydrogen-bond donors (Lipinski definition) is 2. The lowest BCUT2D eigenvalue weighted by molar-refractivity contribution is -0.254. The summed E-state index contributed by atoms with van der Waals surface area (Å²) in [6.07, 6.45) is 0.159. The summed E-state index contributed by atoms with van der Waals surface area (Å²) < 4.78 is 0. The van der Waals surface area contributed by atoms with Gasteiger partial charge in [0.15, 0.2) is 0 Å². The van der Waals surface area contributed by atoms with E-state index in [1.807, 2.05) is 0 Å². The van der Waals surface area contributed by atoms with Gasteiger partial charge in [-0.05, 0) is 42.0 Å². The Labute approximate surface area is 172 Å². The highest BCUT2D eigenvalue weighted by Crippen LogP contribution is 2.18. The first-order valence-corrected chi connectivity index (χ1v) is 9.06. The normalized spacial score (nSPS) is 10.2. The third-order valence-electron chi connectivity index (χ3n) is 4.08.